The summed E-state index contributed by atoms with van der Waals surface area (Å²) in [7, 11) is 0. The predicted molar refractivity (Wildman–Crippen MR) is 147 cm³/mol. The van der Waals surface area contributed by atoms with E-state index in [0.29, 0.717) is 44.1 Å². The molecule has 3 aliphatic rings. The van der Waals surface area contributed by atoms with Crippen LogP contribution in [0.4, 0.5) is 4.39 Å². The number of amides is 2. The minimum absolute atomic E-state index is 0.00271. The summed E-state index contributed by atoms with van der Waals surface area (Å²) >= 11 is 0. The molecule has 3 heterocycles. The lowest BCUT2D eigenvalue weighted by Gasteiger charge is -2.41. The van der Waals surface area contributed by atoms with Crippen LogP contribution in [-0.4, -0.2) is 89.3 Å². The summed E-state index contributed by atoms with van der Waals surface area (Å²) < 4.78 is 13.3. The first-order chi connectivity index (χ1) is 17.9. The smallest absolute Gasteiger partial charge is 0.249 e. The molecule has 4 rings (SSSR count). The first kappa shape index (κ1) is 27.9. The van der Waals surface area contributed by atoms with Gasteiger partial charge in [-0.1, -0.05) is 26.0 Å². The van der Waals surface area contributed by atoms with E-state index in [4.69, 9.17) is 10.8 Å². The summed E-state index contributed by atoms with van der Waals surface area (Å²) in [6, 6.07) is 6.23. The molecule has 2 amide bonds. The molecule has 3 N–H and O–H groups in total. The van der Waals surface area contributed by atoms with Crippen LogP contribution in [-0.2, 0) is 16.0 Å². The Hall–Kier alpha value is -3.17. The van der Waals surface area contributed by atoms with Crippen molar-refractivity contribution in [2.45, 2.75) is 53.1 Å². The fourth-order valence-corrected chi connectivity index (χ4v) is 5.41. The zero-order valence-corrected chi connectivity index (χ0v) is 23.0. The molecule has 38 heavy (non-hydrogen) atoms. The van der Waals surface area contributed by atoms with Crippen LogP contribution in [0.25, 0.3) is 0 Å². The Morgan fingerprint density at radius 3 is 2.55 bits per heavy atom. The van der Waals surface area contributed by atoms with Crippen LogP contribution in [0.2, 0.25) is 0 Å². The van der Waals surface area contributed by atoms with Crippen LogP contribution in [0, 0.1) is 22.1 Å². The van der Waals surface area contributed by atoms with E-state index >= 15 is 0 Å². The van der Waals surface area contributed by atoms with Gasteiger partial charge in [0.05, 0.1) is 18.0 Å². The lowest BCUT2D eigenvalue weighted by molar-refractivity contribution is -0.131. The molecule has 8 nitrogen and oxygen atoms in total. The molecule has 0 saturated carbocycles. The molecule has 2 saturated heterocycles. The van der Waals surface area contributed by atoms with E-state index in [1.54, 1.807) is 23.1 Å². The molecular weight excluding hydrogens is 483 g/mol. The van der Waals surface area contributed by atoms with Crippen LogP contribution < -0.4 is 5.32 Å². The summed E-state index contributed by atoms with van der Waals surface area (Å²) in [6.07, 6.45) is 1.89. The summed E-state index contributed by atoms with van der Waals surface area (Å²) in [5.41, 5.74) is 3.20. The number of rotatable bonds is 7. The average Bonchev–Trinajstić information content (AvgIpc) is 3.23. The van der Waals surface area contributed by atoms with Gasteiger partial charge in [-0.05, 0) is 50.1 Å². The molecule has 2 fully saturated rings. The number of piperazine rings is 1. The van der Waals surface area contributed by atoms with Crippen molar-refractivity contribution in [3.05, 3.63) is 58.6 Å². The van der Waals surface area contributed by atoms with E-state index in [1.165, 1.54) is 12.1 Å². The van der Waals surface area contributed by atoms with Crippen LogP contribution in [0.3, 0.4) is 0 Å². The van der Waals surface area contributed by atoms with E-state index in [1.807, 2.05) is 32.6 Å². The highest BCUT2D eigenvalue weighted by molar-refractivity contribution is 6.11. The minimum atomic E-state index is -0.531. The standard InChI is InChI=1S/C29H39FN6O2/c1-18-13-35(28(38)20(18)3)15-24-12-33-19(2)14-34(24)16-26(37)36-17-29(4,5)27(32)25(36)11-23(31)10-21-6-8-22(30)9-7-21/h6-9,11,19,24,31-33H,10,12-17H2,1-5H3/b25-11+,31-23?,32-27?/t19-,24-/m1/s1. The maximum Gasteiger partial charge on any atom is 0.249 e. The molecule has 0 bridgehead atoms. The summed E-state index contributed by atoms with van der Waals surface area (Å²) in [5, 5.41) is 20.8. The number of carbonyl (C=O) groups excluding carboxylic acids is 2. The summed E-state index contributed by atoms with van der Waals surface area (Å²) in [6.45, 7) is 12.9. The second-order valence-electron chi connectivity index (χ2n) is 11.6. The number of nitrogens with one attached hydrogen (secondary N) is 3. The van der Waals surface area contributed by atoms with Crippen molar-refractivity contribution in [1.29, 1.82) is 10.8 Å². The van der Waals surface area contributed by atoms with E-state index in [0.717, 1.165) is 16.7 Å². The SMILES string of the molecule is CC1=C(C)C(=O)N(C[C@H]2CN[C@H](C)CN2CC(=O)N2CC(C)(C)C(=N)/C2=C\C(=N)Cc2ccc(F)cc2)C1. The quantitative estimate of drug-likeness (QED) is 0.479. The van der Waals surface area contributed by atoms with Crippen molar-refractivity contribution < 1.29 is 14.0 Å². The molecular formula is C29H39FN6O2. The van der Waals surface area contributed by atoms with Gasteiger partial charge in [-0.3, -0.25) is 14.5 Å². The highest BCUT2D eigenvalue weighted by Gasteiger charge is 2.42. The maximum atomic E-state index is 13.7. The van der Waals surface area contributed by atoms with E-state index in [2.05, 4.69) is 17.1 Å². The molecule has 0 spiro atoms. The van der Waals surface area contributed by atoms with Crippen molar-refractivity contribution in [3.63, 3.8) is 0 Å². The van der Waals surface area contributed by atoms with Gasteiger partial charge in [0.15, 0.2) is 0 Å². The van der Waals surface area contributed by atoms with Gasteiger partial charge >= 0.3 is 0 Å². The Bertz CT molecular complexity index is 1200. The zero-order chi connectivity index (χ0) is 27.8. The zero-order valence-electron chi connectivity index (χ0n) is 23.0. The van der Waals surface area contributed by atoms with Gasteiger partial charge in [0.2, 0.25) is 11.8 Å². The van der Waals surface area contributed by atoms with Crippen molar-refractivity contribution >= 4 is 23.2 Å². The third-order valence-corrected chi connectivity index (χ3v) is 7.87. The molecule has 0 radical (unpaired) electrons. The number of hydrogen-bond donors (Lipinski definition) is 3. The third kappa shape index (κ3) is 5.94. The molecule has 204 valence electrons. The van der Waals surface area contributed by atoms with Crippen molar-refractivity contribution in [3.8, 4) is 0 Å². The fourth-order valence-electron chi connectivity index (χ4n) is 5.41. The molecule has 0 aromatic heterocycles. The number of carbonyl (C=O) groups is 2. The lowest BCUT2D eigenvalue weighted by Crippen LogP contribution is -2.60. The predicted octanol–water partition coefficient (Wildman–Crippen LogP) is 3.00. The van der Waals surface area contributed by atoms with Gasteiger partial charge in [-0.2, -0.15) is 0 Å². The normalized spacial score (nSPS) is 25.2. The Balaban J connectivity index is 1.49. The van der Waals surface area contributed by atoms with Crippen LogP contribution in [0.5, 0.6) is 0 Å². The number of allylic oxidation sites excluding steroid dienone is 2. The lowest BCUT2D eigenvalue weighted by atomic mass is 9.89. The monoisotopic (exact) mass is 522 g/mol. The largest absolute Gasteiger partial charge is 0.333 e. The van der Waals surface area contributed by atoms with Gasteiger partial charge in [0.1, 0.15) is 5.82 Å². The van der Waals surface area contributed by atoms with Crippen LogP contribution in [0.15, 0.2) is 47.2 Å². The fraction of sp³-hybridized carbons (Fsp3) is 0.517. The number of hydrogen-bond acceptors (Lipinski definition) is 6. The first-order valence-electron chi connectivity index (χ1n) is 13.2. The Labute approximate surface area is 224 Å². The molecule has 1 aromatic rings. The maximum absolute atomic E-state index is 13.7. The van der Waals surface area contributed by atoms with Gasteiger partial charge in [0, 0.05) is 67.9 Å². The van der Waals surface area contributed by atoms with E-state index < -0.39 is 5.41 Å². The second-order valence-corrected chi connectivity index (χ2v) is 11.6. The molecule has 1 aromatic carbocycles. The van der Waals surface area contributed by atoms with Crippen LogP contribution >= 0.6 is 0 Å². The van der Waals surface area contributed by atoms with Gasteiger partial charge in [-0.15, -0.1) is 0 Å². The number of halogens is 1. The number of nitrogens with zero attached hydrogens (tertiary/aromatic N) is 3. The summed E-state index contributed by atoms with van der Waals surface area (Å²) in [4.78, 5) is 32.0. The Kier molecular flexibility index (Phi) is 7.99. The molecule has 9 heteroatoms. The first-order valence-corrected chi connectivity index (χ1v) is 13.2. The van der Waals surface area contributed by atoms with Gasteiger partial charge < -0.3 is 25.9 Å². The minimum Gasteiger partial charge on any atom is -0.333 e. The van der Waals surface area contributed by atoms with Crippen molar-refractivity contribution in [2.75, 3.05) is 39.3 Å². The number of likely N-dealkylation sites (tertiary alicyclic amines) is 1. The second kappa shape index (κ2) is 10.9. The van der Waals surface area contributed by atoms with Gasteiger partial charge in [-0.25, -0.2) is 4.39 Å². The Morgan fingerprint density at radius 2 is 1.92 bits per heavy atom. The number of benzene rings is 1. The molecule has 2 atom stereocenters. The third-order valence-electron chi connectivity index (χ3n) is 7.87. The van der Waals surface area contributed by atoms with Crippen LogP contribution in [0.1, 0.15) is 40.2 Å². The highest BCUT2D eigenvalue weighted by atomic mass is 19.1. The molecule has 0 aliphatic carbocycles. The molecule has 3 aliphatic heterocycles. The van der Waals surface area contributed by atoms with Crippen molar-refractivity contribution in [2.24, 2.45) is 5.41 Å². The summed E-state index contributed by atoms with van der Waals surface area (Å²) in [5.74, 6) is -0.378. The van der Waals surface area contributed by atoms with E-state index in [9.17, 15) is 14.0 Å². The highest BCUT2D eigenvalue weighted by Crippen LogP contribution is 2.34. The average molecular weight is 523 g/mol. The molecule has 0 unspecified atom stereocenters. The topological polar surface area (TPSA) is 104 Å². The van der Waals surface area contributed by atoms with E-state index in [-0.39, 0.29) is 48.4 Å². The Morgan fingerprint density at radius 1 is 1.24 bits per heavy atom. The van der Waals surface area contributed by atoms with Crippen molar-refractivity contribution in [1.82, 2.24) is 20.0 Å². The van der Waals surface area contributed by atoms with Gasteiger partial charge in [0.25, 0.3) is 0 Å².